The number of pyridine rings is 1. The third-order valence-corrected chi connectivity index (χ3v) is 3.44. The summed E-state index contributed by atoms with van der Waals surface area (Å²) < 4.78 is 30.2. The van der Waals surface area contributed by atoms with E-state index in [0.717, 1.165) is 0 Å². The molecule has 3 rings (SSSR count). The molecule has 0 bridgehead atoms. The molecule has 1 aromatic carbocycles. The fourth-order valence-electron chi connectivity index (χ4n) is 2.47. The molecule has 0 radical (unpaired) electrons. The van der Waals surface area contributed by atoms with Crippen LogP contribution in [0.25, 0.3) is 10.9 Å². The van der Waals surface area contributed by atoms with Crippen LogP contribution >= 0.6 is 0 Å². The standard InChI is InChI=1S/C15H14F2N4/c1-9(2)15(21-8-7-18-20-21)14-13(17)12(16)10-5-3-4-6-11(10)19-14/h3-9,15H,1-2H3. The molecule has 0 fully saturated rings. The second-order valence-corrected chi connectivity index (χ2v) is 5.21. The van der Waals surface area contributed by atoms with Crippen molar-refractivity contribution in [2.75, 3.05) is 0 Å². The molecule has 2 aromatic heterocycles. The van der Waals surface area contributed by atoms with Crippen LogP contribution in [0.2, 0.25) is 0 Å². The molecule has 1 atom stereocenters. The lowest BCUT2D eigenvalue weighted by atomic mass is 9.99. The van der Waals surface area contributed by atoms with Crippen molar-refractivity contribution in [1.29, 1.82) is 0 Å². The van der Waals surface area contributed by atoms with Gasteiger partial charge in [-0.15, -0.1) is 5.10 Å². The SMILES string of the molecule is CC(C)C(c1nc2ccccc2c(F)c1F)n1ccnn1. The summed E-state index contributed by atoms with van der Waals surface area (Å²) in [6, 6.07) is 6.08. The fraction of sp³-hybridized carbons (Fsp3) is 0.267. The Bertz CT molecular complexity index is 769. The maximum Gasteiger partial charge on any atom is 0.183 e. The monoisotopic (exact) mass is 288 g/mol. The van der Waals surface area contributed by atoms with Crippen LogP contribution in [-0.4, -0.2) is 20.0 Å². The number of benzene rings is 1. The molecule has 2 heterocycles. The first-order valence-corrected chi connectivity index (χ1v) is 6.69. The molecule has 0 aliphatic carbocycles. The zero-order valence-electron chi connectivity index (χ0n) is 11.7. The van der Waals surface area contributed by atoms with Gasteiger partial charge >= 0.3 is 0 Å². The normalized spacial score (nSPS) is 13.0. The van der Waals surface area contributed by atoms with Crippen molar-refractivity contribution in [2.45, 2.75) is 19.9 Å². The minimum Gasteiger partial charge on any atom is -0.247 e. The molecule has 0 saturated carbocycles. The maximum atomic E-state index is 14.4. The van der Waals surface area contributed by atoms with Gasteiger partial charge in [-0.1, -0.05) is 31.2 Å². The van der Waals surface area contributed by atoms with Crippen molar-refractivity contribution < 1.29 is 8.78 Å². The highest BCUT2D eigenvalue weighted by Crippen LogP contribution is 2.30. The van der Waals surface area contributed by atoms with Gasteiger partial charge in [0.1, 0.15) is 11.7 Å². The predicted molar refractivity (Wildman–Crippen MR) is 74.7 cm³/mol. The van der Waals surface area contributed by atoms with Crippen LogP contribution in [0.3, 0.4) is 0 Å². The highest BCUT2D eigenvalue weighted by Gasteiger charge is 2.27. The Morgan fingerprint density at radius 1 is 1.10 bits per heavy atom. The van der Waals surface area contributed by atoms with E-state index in [-0.39, 0.29) is 17.0 Å². The second kappa shape index (κ2) is 5.20. The average Bonchev–Trinajstić information content (AvgIpc) is 2.98. The highest BCUT2D eigenvalue weighted by molar-refractivity contribution is 5.79. The number of hydrogen-bond donors (Lipinski definition) is 0. The molecule has 4 nitrogen and oxygen atoms in total. The van der Waals surface area contributed by atoms with Gasteiger partial charge in [0.15, 0.2) is 11.6 Å². The summed E-state index contributed by atoms with van der Waals surface area (Å²) >= 11 is 0. The van der Waals surface area contributed by atoms with E-state index in [2.05, 4.69) is 15.3 Å². The first kappa shape index (κ1) is 13.6. The largest absolute Gasteiger partial charge is 0.247 e. The van der Waals surface area contributed by atoms with Crippen LogP contribution in [0.5, 0.6) is 0 Å². The molecule has 21 heavy (non-hydrogen) atoms. The lowest BCUT2D eigenvalue weighted by Gasteiger charge is -2.21. The van der Waals surface area contributed by atoms with Crippen LogP contribution in [0.15, 0.2) is 36.7 Å². The Hall–Kier alpha value is -2.37. The van der Waals surface area contributed by atoms with Gasteiger partial charge < -0.3 is 0 Å². The Morgan fingerprint density at radius 3 is 2.52 bits per heavy atom. The Kier molecular flexibility index (Phi) is 3.37. The second-order valence-electron chi connectivity index (χ2n) is 5.21. The molecular formula is C15H14F2N4. The van der Waals surface area contributed by atoms with Crippen molar-refractivity contribution in [3.05, 3.63) is 54.0 Å². The number of aromatic nitrogens is 4. The van der Waals surface area contributed by atoms with Gasteiger partial charge in [-0.3, -0.25) is 0 Å². The molecule has 6 heteroatoms. The molecule has 1 unspecified atom stereocenters. The van der Waals surface area contributed by atoms with Crippen molar-refractivity contribution in [1.82, 2.24) is 20.0 Å². The number of nitrogens with zero attached hydrogens (tertiary/aromatic N) is 4. The van der Waals surface area contributed by atoms with Gasteiger partial charge in [0.05, 0.1) is 11.7 Å². The van der Waals surface area contributed by atoms with Crippen LogP contribution in [0.4, 0.5) is 8.78 Å². The lowest BCUT2D eigenvalue weighted by molar-refractivity contribution is 0.365. The third kappa shape index (κ3) is 2.26. The number of halogens is 2. The number of hydrogen-bond acceptors (Lipinski definition) is 3. The van der Waals surface area contributed by atoms with E-state index in [1.54, 1.807) is 24.4 Å². The predicted octanol–water partition coefficient (Wildman–Crippen LogP) is 3.35. The van der Waals surface area contributed by atoms with Crippen molar-refractivity contribution >= 4 is 10.9 Å². The Morgan fingerprint density at radius 2 is 1.86 bits per heavy atom. The summed E-state index contributed by atoms with van der Waals surface area (Å²) in [5.74, 6) is -1.82. The zero-order valence-corrected chi connectivity index (χ0v) is 11.7. The Labute approximate surface area is 120 Å². The fourth-order valence-corrected chi connectivity index (χ4v) is 2.47. The van der Waals surface area contributed by atoms with Gasteiger partial charge in [0, 0.05) is 11.6 Å². The van der Waals surface area contributed by atoms with E-state index < -0.39 is 17.7 Å². The molecular weight excluding hydrogens is 274 g/mol. The first-order valence-electron chi connectivity index (χ1n) is 6.69. The summed E-state index contributed by atoms with van der Waals surface area (Å²) in [4.78, 5) is 4.31. The highest BCUT2D eigenvalue weighted by atomic mass is 19.2. The summed E-state index contributed by atoms with van der Waals surface area (Å²) in [6.07, 6.45) is 3.13. The smallest absolute Gasteiger partial charge is 0.183 e. The van der Waals surface area contributed by atoms with Crippen molar-refractivity contribution in [3.8, 4) is 0 Å². The number of fused-ring (bicyclic) bond motifs is 1. The molecule has 0 saturated heterocycles. The molecule has 0 aliphatic rings. The van der Waals surface area contributed by atoms with Gasteiger partial charge in [0.25, 0.3) is 0 Å². The van der Waals surface area contributed by atoms with Crippen LogP contribution < -0.4 is 0 Å². The molecule has 0 N–H and O–H groups in total. The van der Waals surface area contributed by atoms with Gasteiger partial charge in [-0.05, 0) is 18.1 Å². The van der Waals surface area contributed by atoms with E-state index in [4.69, 9.17) is 0 Å². The lowest BCUT2D eigenvalue weighted by Crippen LogP contribution is -2.21. The van der Waals surface area contributed by atoms with E-state index in [1.165, 1.54) is 16.9 Å². The third-order valence-electron chi connectivity index (χ3n) is 3.44. The summed E-state index contributed by atoms with van der Waals surface area (Å²) in [7, 11) is 0. The van der Waals surface area contributed by atoms with E-state index in [0.29, 0.717) is 5.52 Å². The Balaban J connectivity index is 2.25. The number of para-hydroxylation sites is 1. The van der Waals surface area contributed by atoms with E-state index in [9.17, 15) is 8.78 Å². The summed E-state index contributed by atoms with van der Waals surface area (Å²) in [5.41, 5.74) is 0.476. The first-order chi connectivity index (χ1) is 10.1. The van der Waals surface area contributed by atoms with Crippen LogP contribution in [0, 0.1) is 17.6 Å². The molecule has 0 amide bonds. The van der Waals surface area contributed by atoms with Gasteiger partial charge in [0.2, 0.25) is 0 Å². The minimum atomic E-state index is -0.928. The summed E-state index contributed by atoms with van der Waals surface area (Å²) in [6.45, 7) is 3.81. The van der Waals surface area contributed by atoms with Gasteiger partial charge in [-0.25, -0.2) is 18.4 Å². The van der Waals surface area contributed by atoms with Crippen LogP contribution in [-0.2, 0) is 0 Å². The summed E-state index contributed by atoms with van der Waals surface area (Å²) in [5, 5.41) is 7.82. The quantitative estimate of drug-likeness (QED) is 0.742. The van der Waals surface area contributed by atoms with Crippen molar-refractivity contribution in [2.24, 2.45) is 5.92 Å². The topological polar surface area (TPSA) is 43.6 Å². The minimum absolute atomic E-state index is 0.0192. The molecule has 3 aromatic rings. The molecule has 0 aliphatic heterocycles. The average molecular weight is 288 g/mol. The zero-order chi connectivity index (χ0) is 15.0. The number of rotatable bonds is 3. The van der Waals surface area contributed by atoms with E-state index >= 15 is 0 Å². The maximum absolute atomic E-state index is 14.4. The van der Waals surface area contributed by atoms with Gasteiger partial charge in [-0.2, -0.15) is 0 Å². The van der Waals surface area contributed by atoms with Crippen molar-refractivity contribution in [3.63, 3.8) is 0 Å². The van der Waals surface area contributed by atoms with E-state index in [1.807, 2.05) is 13.8 Å². The molecule has 0 spiro atoms. The van der Waals surface area contributed by atoms with Crippen LogP contribution in [0.1, 0.15) is 25.6 Å². The molecule has 108 valence electrons.